The molecule has 1 aliphatic heterocycles. The summed E-state index contributed by atoms with van der Waals surface area (Å²) in [5.74, 6) is 1.53. The van der Waals surface area contributed by atoms with Crippen LogP contribution in [0.4, 0.5) is 0 Å². The molecule has 1 aromatic heterocycles. The number of likely N-dealkylation sites (tertiary alicyclic amines) is 1. The fraction of sp³-hybridized carbons (Fsp3) is 0.750. The molecule has 1 aromatic rings. The van der Waals surface area contributed by atoms with Gasteiger partial charge in [-0.2, -0.15) is 0 Å². The standard InChI is InChI=1S/C16H26N2O2/c1-12-10-14(20-17-12)11-15(19)18-8-5-6-13(7-9-18)16(2,3)4/h10,13H,5-9,11H2,1-4H3. The molecule has 4 heteroatoms. The Morgan fingerprint density at radius 3 is 2.75 bits per heavy atom. The minimum Gasteiger partial charge on any atom is -0.361 e. The summed E-state index contributed by atoms with van der Waals surface area (Å²) < 4.78 is 5.13. The molecule has 1 fully saturated rings. The van der Waals surface area contributed by atoms with Gasteiger partial charge in [0, 0.05) is 19.2 Å². The molecule has 0 aromatic carbocycles. The second-order valence-corrected chi connectivity index (χ2v) is 6.99. The first-order valence-electron chi connectivity index (χ1n) is 7.56. The van der Waals surface area contributed by atoms with Crippen LogP contribution < -0.4 is 0 Å². The minimum absolute atomic E-state index is 0.163. The quantitative estimate of drug-likeness (QED) is 0.834. The normalized spacial score (nSPS) is 20.8. The van der Waals surface area contributed by atoms with E-state index < -0.39 is 0 Å². The number of hydrogen-bond acceptors (Lipinski definition) is 3. The summed E-state index contributed by atoms with van der Waals surface area (Å²) in [5.41, 5.74) is 1.16. The van der Waals surface area contributed by atoms with Gasteiger partial charge in [0.15, 0.2) is 0 Å². The van der Waals surface area contributed by atoms with Crippen LogP contribution in [-0.2, 0) is 11.2 Å². The van der Waals surface area contributed by atoms with Crippen molar-refractivity contribution in [3.63, 3.8) is 0 Å². The molecule has 20 heavy (non-hydrogen) atoms. The van der Waals surface area contributed by atoms with Crippen LogP contribution in [0.2, 0.25) is 0 Å². The summed E-state index contributed by atoms with van der Waals surface area (Å²) >= 11 is 0. The van der Waals surface area contributed by atoms with Crippen molar-refractivity contribution in [2.45, 2.75) is 53.4 Å². The Morgan fingerprint density at radius 1 is 1.40 bits per heavy atom. The molecule has 1 saturated heterocycles. The maximum atomic E-state index is 12.3. The van der Waals surface area contributed by atoms with Crippen LogP contribution in [0.5, 0.6) is 0 Å². The van der Waals surface area contributed by atoms with Crippen LogP contribution in [0.25, 0.3) is 0 Å². The van der Waals surface area contributed by atoms with Gasteiger partial charge in [0.2, 0.25) is 5.91 Å². The molecule has 0 spiro atoms. The Hall–Kier alpha value is -1.32. The number of aryl methyl sites for hydroxylation is 1. The van der Waals surface area contributed by atoms with Gasteiger partial charge < -0.3 is 9.42 Å². The zero-order chi connectivity index (χ0) is 14.8. The van der Waals surface area contributed by atoms with Crippen molar-refractivity contribution >= 4 is 5.91 Å². The van der Waals surface area contributed by atoms with E-state index in [1.807, 2.05) is 17.9 Å². The van der Waals surface area contributed by atoms with E-state index in [1.165, 1.54) is 6.42 Å². The van der Waals surface area contributed by atoms with Gasteiger partial charge >= 0.3 is 0 Å². The van der Waals surface area contributed by atoms with Crippen molar-refractivity contribution in [1.29, 1.82) is 0 Å². The van der Waals surface area contributed by atoms with Crippen molar-refractivity contribution < 1.29 is 9.32 Å². The summed E-state index contributed by atoms with van der Waals surface area (Å²) in [5, 5.41) is 3.83. The van der Waals surface area contributed by atoms with Gasteiger partial charge in [0.1, 0.15) is 5.76 Å². The second kappa shape index (κ2) is 5.98. The molecule has 0 saturated carbocycles. The van der Waals surface area contributed by atoms with Crippen LogP contribution in [0.15, 0.2) is 10.6 Å². The van der Waals surface area contributed by atoms with Crippen LogP contribution in [0.3, 0.4) is 0 Å². The molecule has 1 unspecified atom stereocenters. The number of aromatic nitrogens is 1. The van der Waals surface area contributed by atoms with Crippen molar-refractivity contribution in [3.05, 3.63) is 17.5 Å². The van der Waals surface area contributed by atoms with E-state index >= 15 is 0 Å². The molecular formula is C16H26N2O2. The Labute approximate surface area is 121 Å². The van der Waals surface area contributed by atoms with Crippen molar-refractivity contribution in [2.24, 2.45) is 11.3 Å². The monoisotopic (exact) mass is 278 g/mol. The molecule has 0 aliphatic carbocycles. The summed E-state index contributed by atoms with van der Waals surface area (Å²) in [6.45, 7) is 10.5. The maximum absolute atomic E-state index is 12.3. The molecule has 2 heterocycles. The molecule has 1 aliphatic rings. The van der Waals surface area contributed by atoms with Gasteiger partial charge in [-0.1, -0.05) is 25.9 Å². The minimum atomic E-state index is 0.163. The van der Waals surface area contributed by atoms with Gasteiger partial charge in [-0.15, -0.1) is 0 Å². The Morgan fingerprint density at radius 2 is 2.15 bits per heavy atom. The lowest BCUT2D eigenvalue weighted by atomic mass is 9.77. The van der Waals surface area contributed by atoms with Crippen molar-refractivity contribution in [3.8, 4) is 0 Å². The largest absolute Gasteiger partial charge is 0.361 e. The number of carbonyl (C=O) groups excluding carboxylic acids is 1. The molecular weight excluding hydrogens is 252 g/mol. The Kier molecular flexibility index (Phi) is 4.51. The lowest BCUT2D eigenvalue weighted by Gasteiger charge is -2.29. The highest BCUT2D eigenvalue weighted by Crippen LogP contribution is 2.34. The predicted octanol–water partition coefficient (Wildman–Crippen LogP) is 3.20. The predicted molar refractivity (Wildman–Crippen MR) is 78.3 cm³/mol. The molecule has 0 radical (unpaired) electrons. The lowest BCUT2D eigenvalue weighted by Crippen LogP contribution is -2.33. The molecule has 0 N–H and O–H groups in total. The van der Waals surface area contributed by atoms with E-state index in [9.17, 15) is 4.79 Å². The van der Waals surface area contributed by atoms with Crippen LogP contribution in [0.1, 0.15) is 51.5 Å². The van der Waals surface area contributed by atoms with Crippen molar-refractivity contribution in [1.82, 2.24) is 10.1 Å². The number of carbonyl (C=O) groups is 1. The zero-order valence-corrected chi connectivity index (χ0v) is 13.1. The van der Waals surface area contributed by atoms with Gasteiger partial charge in [-0.05, 0) is 37.5 Å². The highest BCUT2D eigenvalue weighted by atomic mass is 16.5. The van der Waals surface area contributed by atoms with E-state index in [4.69, 9.17) is 4.52 Å². The van der Waals surface area contributed by atoms with E-state index in [2.05, 4.69) is 25.9 Å². The topological polar surface area (TPSA) is 46.3 Å². The fourth-order valence-electron chi connectivity index (χ4n) is 2.97. The van der Waals surface area contributed by atoms with Crippen LogP contribution >= 0.6 is 0 Å². The summed E-state index contributed by atoms with van der Waals surface area (Å²) in [7, 11) is 0. The third-order valence-corrected chi connectivity index (χ3v) is 4.31. The van der Waals surface area contributed by atoms with E-state index in [0.29, 0.717) is 23.5 Å². The first-order chi connectivity index (χ1) is 9.36. The molecule has 112 valence electrons. The van der Waals surface area contributed by atoms with Gasteiger partial charge in [0.25, 0.3) is 0 Å². The summed E-state index contributed by atoms with van der Waals surface area (Å²) in [4.78, 5) is 14.3. The van der Waals surface area contributed by atoms with Crippen LogP contribution in [0, 0.1) is 18.3 Å². The summed E-state index contributed by atoms with van der Waals surface area (Å²) in [6.07, 6.45) is 3.75. The Balaban J connectivity index is 1.91. The number of hydrogen-bond donors (Lipinski definition) is 0. The average Bonchev–Trinajstić information content (AvgIpc) is 2.64. The highest BCUT2D eigenvalue weighted by Gasteiger charge is 2.28. The number of rotatable bonds is 2. The van der Waals surface area contributed by atoms with E-state index in [0.717, 1.165) is 31.6 Å². The first-order valence-corrected chi connectivity index (χ1v) is 7.56. The molecule has 1 amide bonds. The lowest BCUT2D eigenvalue weighted by molar-refractivity contribution is -0.130. The highest BCUT2D eigenvalue weighted by molar-refractivity contribution is 5.78. The second-order valence-electron chi connectivity index (χ2n) is 6.99. The third kappa shape index (κ3) is 3.84. The van der Waals surface area contributed by atoms with E-state index in [1.54, 1.807) is 0 Å². The molecule has 4 nitrogen and oxygen atoms in total. The van der Waals surface area contributed by atoms with Gasteiger partial charge in [-0.25, -0.2) is 0 Å². The molecule has 1 atom stereocenters. The maximum Gasteiger partial charge on any atom is 0.230 e. The number of amides is 1. The van der Waals surface area contributed by atoms with Gasteiger partial charge in [0.05, 0.1) is 12.1 Å². The fourth-order valence-corrected chi connectivity index (χ4v) is 2.97. The summed E-state index contributed by atoms with van der Waals surface area (Å²) in [6, 6.07) is 1.84. The van der Waals surface area contributed by atoms with Crippen LogP contribution in [-0.4, -0.2) is 29.1 Å². The molecule has 2 rings (SSSR count). The zero-order valence-electron chi connectivity index (χ0n) is 13.1. The smallest absolute Gasteiger partial charge is 0.230 e. The third-order valence-electron chi connectivity index (χ3n) is 4.31. The van der Waals surface area contributed by atoms with Gasteiger partial charge in [-0.3, -0.25) is 4.79 Å². The average molecular weight is 278 g/mol. The molecule has 0 bridgehead atoms. The Bertz CT molecular complexity index is 459. The SMILES string of the molecule is Cc1cc(CC(=O)N2CCCC(C(C)(C)C)CC2)on1. The van der Waals surface area contributed by atoms with Crippen molar-refractivity contribution in [2.75, 3.05) is 13.1 Å². The number of nitrogens with zero attached hydrogens (tertiary/aromatic N) is 2. The first kappa shape index (κ1) is 15.1. The van der Waals surface area contributed by atoms with E-state index in [-0.39, 0.29) is 5.91 Å².